The maximum Gasteiger partial charge on any atom is 0.255 e. The molecule has 2 saturated heterocycles. The van der Waals surface area contributed by atoms with Crippen molar-refractivity contribution in [2.45, 2.75) is 16.3 Å². The lowest BCUT2D eigenvalue weighted by molar-refractivity contribution is 0.0300. The number of nitrogens with zero attached hydrogens (tertiary/aromatic N) is 3. The number of amides is 1. The van der Waals surface area contributed by atoms with Gasteiger partial charge in [-0.25, -0.2) is 8.42 Å². The third-order valence-electron chi connectivity index (χ3n) is 5.92. The highest BCUT2D eigenvalue weighted by Gasteiger charge is 2.30. The lowest BCUT2D eigenvalue weighted by Gasteiger charge is -2.34. The minimum absolute atomic E-state index is 0.137. The molecular formula is C23H29N3O4S2. The quantitative estimate of drug-likeness (QED) is 0.598. The maximum absolute atomic E-state index is 13.4. The first-order valence-electron chi connectivity index (χ1n) is 10.8. The van der Waals surface area contributed by atoms with E-state index in [2.05, 4.69) is 17.0 Å². The van der Waals surface area contributed by atoms with Gasteiger partial charge in [-0.15, -0.1) is 11.8 Å². The van der Waals surface area contributed by atoms with Gasteiger partial charge < -0.3 is 9.64 Å². The van der Waals surface area contributed by atoms with E-state index in [1.165, 1.54) is 21.6 Å². The third kappa shape index (κ3) is 5.18. The van der Waals surface area contributed by atoms with E-state index in [-0.39, 0.29) is 10.8 Å². The second-order valence-electron chi connectivity index (χ2n) is 7.93. The second-order valence-corrected chi connectivity index (χ2v) is 10.7. The van der Waals surface area contributed by atoms with Gasteiger partial charge in [-0.1, -0.05) is 30.3 Å². The summed E-state index contributed by atoms with van der Waals surface area (Å²) in [5.41, 5.74) is 1.67. The predicted molar refractivity (Wildman–Crippen MR) is 125 cm³/mol. The Labute approximate surface area is 194 Å². The molecular weight excluding hydrogens is 446 g/mol. The number of hydrogen-bond donors (Lipinski definition) is 0. The van der Waals surface area contributed by atoms with Crippen LogP contribution in [0, 0.1) is 0 Å². The first-order valence-corrected chi connectivity index (χ1v) is 13.5. The van der Waals surface area contributed by atoms with Gasteiger partial charge in [0.2, 0.25) is 10.0 Å². The molecule has 0 N–H and O–H groups in total. The molecule has 2 aromatic carbocycles. The van der Waals surface area contributed by atoms with Crippen molar-refractivity contribution < 1.29 is 17.9 Å². The molecule has 0 aliphatic carbocycles. The molecule has 2 aliphatic rings. The number of hydrogen-bond acceptors (Lipinski definition) is 6. The Morgan fingerprint density at radius 1 is 0.969 bits per heavy atom. The SMILES string of the molecule is CSc1ccc(S(=O)(=O)N2CCN(Cc3ccccc3)CC2)cc1C(=O)N1CCOCC1. The molecule has 2 aliphatic heterocycles. The zero-order valence-corrected chi connectivity index (χ0v) is 19.9. The summed E-state index contributed by atoms with van der Waals surface area (Å²) in [7, 11) is -3.67. The van der Waals surface area contributed by atoms with Crippen molar-refractivity contribution in [1.82, 2.24) is 14.1 Å². The Bertz CT molecular complexity index is 1030. The van der Waals surface area contributed by atoms with Crippen molar-refractivity contribution >= 4 is 27.7 Å². The molecule has 0 bridgehead atoms. The Balaban J connectivity index is 1.48. The van der Waals surface area contributed by atoms with Crippen LogP contribution in [0.3, 0.4) is 0 Å². The normalized spacial score (nSPS) is 18.6. The number of carbonyl (C=O) groups is 1. The fraction of sp³-hybridized carbons (Fsp3) is 0.435. The average Bonchev–Trinajstić information content (AvgIpc) is 2.84. The van der Waals surface area contributed by atoms with Crippen molar-refractivity contribution in [2.24, 2.45) is 0 Å². The summed E-state index contributed by atoms with van der Waals surface area (Å²) >= 11 is 1.45. The molecule has 2 fully saturated rings. The Hall–Kier alpha value is -1.91. The fourth-order valence-corrected chi connectivity index (χ4v) is 6.09. The molecule has 0 unspecified atom stereocenters. The number of ether oxygens (including phenoxy) is 1. The smallest absolute Gasteiger partial charge is 0.255 e. The molecule has 1 amide bonds. The minimum atomic E-state index is -3.67. The fourth-order valence-electron chi connectivity index (χ4n) is 4.07. The third-order valence-corrected chi connectivity index (χ3v) is 8.61. The molecule has 0 radical (unpaired) electrons. The van der Waals surface area contributed by atoms with Gasteiger partial charge in [0.25, 0.3) is 5.91 Å². The second kappa shape index (κ2) is 10.4. The van der Waals surface area contributed by atoms with E-state index in [4.69, 9.17) is 4.74 Å². The highest BCUT2D eigenvalue weighted by Crippen LogP contribution is 2.27. The van der Waals surface area contributed by atoms with Crippen LogP contribution >= 0.6 is 11.8 Å². The molecule has 0 saturated carbocycles. The molecule has 32 heavy (non-hydrogen) atoms. The van der Waals surface area contributed by atoms with Crippen LogP contribution in [-0.4, -0.2) is 87.2 Å². The Kier molecular flexibility index (Phi) is 7.52. The average molecular weight is 476 g/mol. The van der Waals surface area contributed by atoms with Crippen molar-refractivity contribution in [3.05, 3.63) is 59.7 Å². The molecule has 2 aromatic rings. The number of sulfonamides is 1. The molecule has 4 rings (SSSR count). The summed E-state index contributed by atoms with van der Waals surface area (Å²) in [6.07, 6.45) is 1.89. The summed E-state index contributed by atoms with van der Waals surface area (Å²) in [5, 5.41) is 0. The van der Waals surface area contributed by atoms with E-state index >= 15 is 0 Å². The van der Waals surface area contributed by atoms with E-state index in [0.29, 0.717) is 58.0 Å². The van der Waals surface area contributed by atoms with Crippen LogP contribution in [0.5, 0.6) is 0 Å². The number of thioether (sulfide) groups is 1. The van der Waals surface area contributed by atoms with Crippen LogP contribution in [0.2, 0.25) is 0 Å². The Morgan fingerprint density at radius 3 is 2.31 bits per heavy atom. The number of benzene rings is 2. The van der Waals surface area contributed by atoms with Gasteiger partial charge in [-0.3, -0.25) is 9.69 Å². The van der Waals surface area contributed by atoms with Crippen LogP contribution in [0.25, 0.3) is 0 Å². The van der Waals surface area contributed by atoms with E-state index in [9.17, 15) is 13.2 Å². The molecule has 0 spiro atoms. The number of carbonyl (C=O) groups excluding carboxylic acids is 1. The van der Waals surface area contributed by atoms with Crippen LogP contribution in [0.1, 0.15) is 15.9 Å². The lowest BCUT2D eigenvalue weighted by Crippen LogP contribution is -2.48. The monoisotopic (exact) mass is 475 g/mol. The number of piperazine rings is 1. The maximum atomic E-state index is 13.4. The lowest BCUT2D eigenvalue weighted by atomic mass is 10.2. The zero-order valence-electron chi connectivity index (χ0n) is 18.3. The van der Waals surface area contributed by atoms with Crippen LogP contribution in [-0.2, 0) is 21.3 Å². The van der Waals surface area contributed by atoms with Crippen molar-refractivity contribution in [2.75, 3.05) is 58.7 Å². The summed E-state index contributed by atoms with van der Waals surface area (Å²) in [5.74, 6) is -0.137. The summed E-state index contributed by atoms with van der Waals surface area (Å²) < 4.78 is 33.6. The van der Waals surface area contributed by atoms with Gasteiger partial charge in [-0.05, 0) is 30.0 Å². The summed E-state index contributed by atoms with van der Waals surface area (Å²) in [6.45, 7) is 5.10. The highest BCUT2D eigenvalue weighted by atomic mass is 32.2. The van der Waals surface area contributed by atoms with Gasteiger partial charge in [-0.2, -0.15) is 4.31 Å². The molecule has 0 atom stereocenters. The number of rotatable bonds is 6. The first kappa shape index (κ1) is 23.3. The molecule has 9 heteroatoms. The van der Waals surface area contributed by atoms with Crippen molar-refractivity contribution in [1.29, 1.82) is 0 Å². The standard InChI is InChI=1S/C23H29N3O4S2/c1-31-22-8-7-20(17-21(22)23(27)25-13-15-30-16-14-25)32(28,29)26-11-9-24(10-12-26)18-19-5-3-2-4-6-19/h2-8,17H,9-16,18H2,1H3. The van der Waals surface area contributed by atoms with Gasteiger partial charge in [0.1, 0.15) is 0 Å². The van der Waals surface area contributed by atoms with Crippen LogP contribution in [0.4, 0.5) is 0 Å². The Morgan fingerprint density at radius 2 is 1.66 bits per heavy atom. The van der Waals surface area contributed by atoms with Gasteiger partial charge in [0, 0.05) is 50.7 Å². The van der Waals surface area contributed by atoms with E-state index in [0.717, 1.165) is 11.4 Å². The van der Waals surface area contributed by atoms with Gasteiger partial charge in [0.15, 0.2) is 0 Å². The summed E-state index contributed by atoms with van der Waals surface area (Å²) in [4.78, 5) is 18.1. The topological polar surface area (TPSA) is 70.2 Å². The van der Waals surface area contributed by atoms with Gasteiger partial charge in [0.05, 0.1) is 23.7 Å². The van der Waals surface area contributed by atoms with E-state index in [1.54, 1.807) is 23.1 Å². The largest absolute Gasteiger partial charge is 0.378 e. The van der Waals surface area contributed by atoms with Crippen molar-refractivity contribution in [3.8, 4) is 0 Å². The molecule has 0 aromatic heterocycles. The molecule has 7 nitrogen and oxygen atoms in total. The molecule has 172 valence electrons. The molecule has 2 heterocycles. The van der Waals surface area contributed by atoms with Crippen molar-refractivity contribution in [3.63, 3.8) is 0 Å². The van der Waals surface area contributed by atoms with Crippen LogP contribution in [0.15, 0.2) is 58.3 Å². The zero-order chi connectivity index (χ0) is 22.6. The van der Waals surface area contributed by atoms with Crippen LogP contribution < -0.4 is 0 Å². The number of morpholine rings is 1. The summed E-state index contributed by atoms with van der Waals surface area (Å²) in [6, 6.07) is 15.1. The van der Waals surface area contributed by atoms with E-state index in [1.807, 2.05) is 24.5 Å². The highest BCUT2D eigenvalue weighted by molar-refractivity contribution is 7.98. The van der Waals surface area contributed by atoms with E-state index < -0.39 is 10.0 Å². The van der Waals surface area contributed by atoms with Gasteiger partial charge >= 0.3 is 0 Å². The minimum Gasteiger partial charge on any atom is -0.378 e. The predicted octanol–water partition coefficient (Wildman–Crippen LogP) is 2.39. The first-order chi connectivity index (χ1) is 15.5.